The Morgan fingerprint density at radius 2 is 2.14 bits per heavy atom. The van der Waals surface area contributed by atoms with Crippen LogP contribution < -0.4 is 5.32 Å². The standard InChI is InChI=1S/C8H10Cl3N3/c1-2-12-5-6-3-4-13-7(14-6)8(9,10)11/h3-4,12H,2,5H2,1H3. The fraction of sp³-hybridized carbons (Fsp3) is 0.500. The van der Waals surface area contributed by atoms with Gasteiger partial charge in [-0.15, -0.1) is 0 Å². The maximum atomic E-state index is 5.65. The zero-order chi connectivity index (χ0) is 10.6. The molecule has 0 aliphatic heterocycles. The Morgan fingerprint density at radius 3 is 2.71 bits per heavy atom. The number of nitrogens with zero attached hydrogens (tertiary/aromatic N) is 2. The van der Waals surface area contributed by atoms with Crippen molar-refractivity contribution in [1.82, 2.24) is 15.3 Å². The minimum absolute atomic E-state index is 0.206. The van der Waals surface area contributed by atoms with Crippen molar-refractivity contribution in [1.29, 1.82) is 0 Å². The highest BCUT2D eigenvalue weighted by molar-refractivity contribution is 6.66. The van der Waals surface area contributed by atoms with Crippen LogP contribution in [-0.2, 0) is 10.3 Å². The van der Waals surface area contributed by atoms with E-state index in [1.54, 1.807) is 12.3 Å². The van der Waals surface area contributed by atoms with E-state index in [1.165, 1.54) is 0 Å². The second-order valence-electron chi connectivity index (χ2n) is 2.65. The lowest BCUT2D eigenvalue weighted by Crippen LogP contribution is -2.15. The maximum absolute atomic E-state index is 5.65. The lowest BCUT2D eigenvalue weighted by atomic mass is 10.4. The first kappa shape index (κ1) is 12.0. The number of hydrogen-bond donors (Lipinski definition) is 1. The van der Waals surface area contributed by atoms with E-state index in [4.69, 9.17) is 34.8 Å². The molecule has 1 rings (SSSR count). The molecule has 1 heterocycles. The van der Waals surface area contributed by atoms with Crippen LogP contribution in [-0.4, -0.2) is 16.5 Å². The van der Waals surface area contributed by atoms with Crippen molar-refractivity contribution in [2.24, 2.45) is 0 Å². The zero-order valence-electron chi connectivity index (χ0n) is 7.60. The smallest absolute Gasteiger partial charge is 0.250 e. The second-order valence-corrected chi connectivity index (χ2v) is 4.93. The molecule has 6 heteroatoms. The number of nitrogens with one attached hydrogen (secondary N) is 1. The van der Waals surface area contributed by atoms with Crippen LogP contribution in [0, 0.1) is 0 Å². The highest BCUT2D eigenvalue weighted by Gasteiger charge is 2.26. The lowest BCUT2D eigenvalue weighted by molar-refractivity contribution is 0.702. The minimum atomic E-state index is -1.55. The second kappa shape index (κ2) is 5.12. The summed E-state index contributed by atoms with van der Waals surface area (Å²) in [6.07, 6.45) is 1.58. The van der Waals surface area contributed by atoms with Gasteiger partial charge in [-0.2, -0.15) is 0 Å². The lowest BCUT2D eigenvalue weighted by Gasteiger charge is -2.09. The van der Waals surface area contributed by atoms with Gasteiger partial charge in [0, 0.05) is 12.7 Å². The van der Waals surface area contributed by atoms with Gasteiger partial charge in [-0.05, 0) is 12.6 Å². The van der Waals surface area contributed by atoms with Gasteiger partial charge < -0.3 is 5.32 Å². The van der Waals surface area contributed by atoms with E-state index in [1.807, 2.05) is 6.92 Å². The Labute approximate surface area is 97.8 Å². The van der Waals surface area contributed by atoms with Gasteiger partial charge in [-0.3, -0.25) is 0 Å². The van der Waals surface area contributed by atoms with Crippen LogP contribution in [0.25, 0.3) is 0 Å². The van der Waals surface area contributed by atoms with Crippen LogP contribution in [0.15, 0.2) is 12.3 Å². The van der Waals surface area contributed by atoms with Crippen molar-refractivity contribution < 1.29 is 0 Å². The molecule has 0 spiro atoms. The Balaban J connectivity index is 2.79. The van der Waals surface area contributed by atoms with Gasteiger partial charge in [0.2, 0.25) is 3.79 Å². The third-order valence-corrected chi connectivity index (χ3v) is 2.03. The average Bonchev–Trinajstić information content (AvgIpc) is 2.14. The molecule has 3 nitrogen and oxygen atoms in total. The SMILES string of the molecule is CCNCc1ccnc(C(Cl)(Cl)Cl)n1. The van der Waals surface area contributed by atoms with Crippen LogP contribution >= 0.6 is 34.8 Å². The third kappa shape index (κ3) is 3.58. The summed E-state index contributed by atoms with van der Waals surface area (Å²) in [5, 5.41) is 3.12. The molecule has 0 radical (unpaired) electrons. The third-order valence-electron chi connectivity index (χ3n) is 1.52. The van der Waals surface area contributed by atoms with Crippen molar-refractivity contribution in [2.45, 2.75) is 17.3 Å². The first-order valence-electron chi connectivity index (χ1n) is 4.14. The van der Waals surface area contributed by atoms with Gasteiger partial charge in [0.25, 0.3) is 0 Å². The Hall–Kier alpha value is -0.0900. The summed E-state index contributed by atoms with van der Waals surface area (Å²) in [6, 6.07) is 1.78. The minimum Gasteiger partial charge on any atom is -0.311 e. The van der Waals surface area contributed by atoms with E-state index in [-0.39, 0.29) is 5.82 Å². The van der Waals surface area contributed by atoms with Gasteiger partial charge in [0.15, 0.2) is 5.82 Å². The van der Waals surface area contributed by atoms with E-state index >= 15 is 0 Å². The number of halogens is 3. The summed E-state index contributed by atoms with van der Waals surface area (Å²) in [7, 11) is 0. The van der Waals surface area contributed by atoms with Crippen LogP contribution in [0.3, 0.4) is 0 Å². The van der Waals surface area contributed by atoms with E-state index < -0.39 is 3.79 Å². The summed E-state index contributed by atoms with van der Waals surface area (Å²) in [5.41, 5.74) is 0.808. The van der Waals surface area contributed by atoms with E-state index in [0.29, 0.717) is 6.54 Å². The van der Waals surface area contributed by atoms with Gasteiger partial charge in [-0.25, -0.2) is 9.97 Å². The molecule has 0 aromatic carbocycles. The fourth-order valence-corrected chi connectivity index (χ4v) is 1.16. The molecule has 0 saturated carbocycles. The fourth-order valence-electron chi connectivity index (χ4n) is 0.884. The normalized spacial score (nSPS) is 11.7. The van der Waals surface area contributed by atoms with E-state index in [0.717, 1.165) is 12.2 Å². The van der Waals surface area contributed by atoms with Gasteiger partial charge in [-0.1, -0.05) is 41.7 Å². The van der Waals surface area contributed by atoms with Crippen LogP contribution in [0.2, 0.25) is 0 Å². The van der Waals surface area contributed by atoms with Crippen molar-refractivity contribution in [3.63, 3.8) is 0 Å². The molecule has 1 N–H and O–H groups in total. The maximum Gasteiger partial charge on any atom is 0.250 e. The van der Waals surface area contributed by atoms with Crippen LogP contribution in [0.5, 0.6) is 0 Å². The summed E-state index contributed by atoms with van der Waals surface area (Å²) in [4.78, 5) is 8.00. The predicted molar refractivity (Wildman–Crippen MR) is 58.6 cm³/mol. The van der Waals surface area contributed by atoms with Gasteiger partial charge >= 0.3 is 0 Å². The summed E-state index contributed by atoms with van der Waals surface area (Å²) in [5.74, 6) is 0.206. The van der Waals surface area contributed by atoms with Gasteiger partial charge in [0.1, 0.15) is 0 Å². The number of aromatic nitrogens is 2. The summed E-state index contributed by atoms with van der Waals surface area (Å²) in [6.45, 7) is 3.52. The molecule has 0 fully saturated rings. The predicted octanol–water partition coefficient (Wildman–Crippen LogP) is 2.41. The molecule has 0 bridgehead atoms. The highest BCUT2D eigenvalue weighted by Crippen LogP contribution is 2.35. The van der Waals surface area contributed by atoms with Crippen LogP contribution in [0.4, 0.5) is 0 Å². The molecule has 0 aliphatic carbocycles. The molecule has 0 saturated heterocycles. The molecule has 0 unspecified atom stereocenters. The molecule has 14 heavy (non-hydrogen) atoms. The average molecular weight is 255 g/mol. The Kier molecular flexibility index (Phi) is 4.38. The zero-order valence-corrected chi connectivity index (χ0v) is 9.87. The monoisotopic (exact) mass is 253 g/mol. The summed E-state index contributed by atoms with van der Waals surface area (Å²) < 4.78 is -1.55. The molecule has 0 aliphatic rings. The Bertz CT molecular complexity index is 298. The highest BCUT2D eigenvalue weighted by atomic mass is 35.6. The van der Waals surface area contributed by atoms with Crippen molar-refractivity contribution >= 4 is 34.8 Å². The summed E-state index contributed by atoms with van der Waals surface area (Å²) >= 11 is 17.0. The largest absolute Gasteiger partial charge is 0.311 e. The van der Waals surface area contributed by atoms with E-state index in [2.05, 4.69) is 15.3 Å². The van der Waals surface area contributed by atoms with E-state index in [9.17, 15) is 0 Å². The molecule has 0 atom stereocenters. The number of hydrogen-bond acceptors (Lipinski definition) is 3. The van der Waals surface area contributed by atoms with Crippen molar-refractivity contribution in [2.75, 3.05) is 6.54 Å². The van der Waals surface area contributed by atoms with Crippen molar-refractivity contribution in [3.8, 4) is 0 Å². The molecule has 78 valence electrons. The molecular weight excluding hydrogens is 244 g/mol. The topological polar surface area (TPSA) is 37.8 Å². The van der Waals surface area contributed by atoms with Gasteiger partial charge in [0.05, 0.1) is 5.69 Å². The molecule has 0 amide bonds. The Morgan fingerprint density at radius 1 is 1.43 bits per heavy atom. The molecular formula is C8H10Cl3N3. The first-order chi connectivity index (χ1) is 6.54. The molecule has 1 aromatic heterocycles. The number of rotatable bonds is 3. The van der Waals surface area contributed by atoms with Crippen LogP contribution in [0.1, 0.15) is 18.4 Å². The number of alkyl halides is 3. The molecule has 1 aromatic rings. The first-order valence-corrected chi connectivity index (χ1v) is 5.27. The quantitative estimate of drug-likeness (QED) is 0.842. The van der Waals surface area contributed by atoms with Crippen molar-refractivity contribution in [3.05, 3.63) is 23.8 Å².